The summed E-state index contributed by atoms with van der Waals surface area (Å²) in [6.07, 6.45) is 0. The summed E-state index contributed by atoms with van der Waals surface area (Å²) in [6.45, 7) is 1.44. The van der Waals surface area contributed by atoms with E-state index in [2.05, 4.69) is 4.72 Å². The average Bonchev–Trinajstić information content (AvgIpc) is 2.20. The second-order valence-electron chi connectivity index (χ2n) is 2.96. The van der Waals surface area contributed by atoms with Gasteiger partial charge in [0.1, 0.15) is 5.75 Å². The number of nitrogens with one attached hydrogen (secondary N) is 1. The lowest BCUT2D eigenvalue weighted by molar-refractivity contribution is -0.384. The number of nitro benzene ring substituents is 1. The van der Waals surface area contributed by atoms with Crippen LogP contribution in [0.5, 0.6) is 5.75 Å². The summed E-state index contributed by atoms with van der Waals surface area (Å²) in [6, 6.07) is 3.13. The first-order valence-corrected chi connectivity index (χ1v) is 5.99. The SMILES string of the molecule is CCS(=O)(=O)Nc1ccc([N+](=O)[O-])cc1O. The van der Waals surface area contributed by atoms with Crippen LogP contribution in [0.15, 0.2) is 18.2 Å². The van der Waals surface area contributed by atoms with Gasteiger partial charge in [-0.1, -0.05) is 0 Å². The van der Waals surface area contributed by atoms with Crippen LogP contribution in [-0.2, 0) is 10.0 Å². The Bertz CT molecular complexity index is 511. The van der Waals surface area contributed by atoms with Crippen LogP contribution in [0.4, 0.5) is 11.4 Å². The van der Waals surface area contributed by atoms with Crippen LogP contribution >= 0.6 is 0 Å². The number of hydrogen-bond donors (Lipinski definition) is 2. The Hall–Kier alpha value is -1.83. The zero-order valence-electron chi connectivity index (χ0n) is 8.37. The first-order valence-electron chi connectivity index (χ1n) is 4.33. The summed E-state index contributed by atoms with van der Waals surface area (Å²) in [7, 11) is -3.51. The highest BCUT2D eigenvalue weighted by Crippen LogP contribution is 2.28. The summed E-state index contributed by atoms with van der Waals surface area (Å²) in [4.78, 5) is 9.68. The van der Waals surface area contributed by atoms with Gasteiger partial charge in [0.15, 0.2) is 0 Å². The predicted octanol–water partition coefficient (Wildman–Crippen LogP) is 1.06. The molecule has 88 valence electrons. The molecule has 0 unspecified atom stereocenters. The maximum atomic E-state index is 11.2. The molecule has 0 saturated carbocycles. The molecule has 0 aliphatic rings. The van der Waals surface area contributed by atoms with E-state index in [4.69, 9.17) is 0 Å². The van der Waals surface area contributed by atoms with Crippen molar-refractivity contribution in [1.29, 1.82) is 0 Å². The highest BCUT2D eigenvalue weighted by molar-refractivity contribution is 7.92. The number of non-ortho nitro benzene ring substituents is 1. The van der Waals surface area contributed by atoms with Crippen LogP contribution in [-0.4, -0.2) is 24.2 Å². The Morgan fingerprint density at radius 1 is 1.50 bits per heavy atom. The number of anilines is 1. The Labute approximate surface area is 91.9 Å². The van der Waals surface area contributed by atoms with Gasteiger partial charge in [-0.15, -0.1) is 0 Å². The summed E-state index contributed by atoms with van der Waals surface area (Å²) in [5, 5.41) is 19.7. The Kier molecular flexibility index (Phi) is 3.33. The van der Waals surface area contributed by atoms with Gasteiger partial charge in [0, 0.05) is 6.07 Å². The van der Waals surface area contributed by atoms with Crippen molar-refractivity contribution < 1.29 is 18.4 Å². The molecule has 2 N–H and O–H groups in total. The molecule has 7 nitrogen and oxygen atoms in total. The van der Waals surface area contributed by atoms with Crippen LogP contribution in [0.3, 0.4) is 0 Å². The Balaban J connectivity index is 3.05. The number of benzene rings is 1. The maximum Gasteiger partial charge on any atom is 0.273 e. The van der Waals surface area contributed by atoms with E-state index < -0.39 is 20.7 Å². The number of nitrogens with zero attached hydrogens (tertiary/aromatic N) is 1. The van der Waals surface area contributed by atoms with Gasteiger partial charge < -0.3 is 5.11 Å². The van der Waals surface area contributed by atoms with Crippen LogP contribution in [0.1, 0.15) is 6.92 Å². The number of nitro groups is 1. The van der Waals surface area contributed by atoms with E-state index in [0.29, 0.717) is 0 Å². The molecule has 16 heavy (non-hydrogen) atoms. The van der Waals surface area contributed by atoms with E-state index in [9.17, 15) is 23.6 Å². The minimum absolute atomic E-state index is 0.0764. The van der Waals surface area contributed by atoms with E-state index >= 15 is 0 Å². The number of sulfonamides is 1. The molecule has 0 heterocycles. The molecule has 0 fully saturated rings. The van der Waals surface area contributed by atoms with Gasteiger partial charge in [-0.25, -0.2) is 8.42 Å². The first kappa shape index (κ1) is 12.2. The van der Waals surface area contributed by atoms with Crippen LogP contribution < -0.4 is 4.72 Å². The second-order valence-corrected chi connectivity index (χ2v) is 4.98. The van der Waals surface area contributed by atoms with Gasteiger partial charge in [-0.2, -0.15) is 0 Å². The number of aromatic hydroxyl groups is 1. The van der Waals surface area contributed by atoms with Crippen LogP contribution in [0.25, 0.3) is 0 Å². The van der Waals surface area contributed by atoms with Crippen molar-refractivity contribution in [3.63, 3.8) is 0 Å². The molecule has 0 aliphatic heterocycles. The molecule has 0 radical (unpaired) electrons. The van der Waals surface area contributed by atoms with E-state index in [-0.39, 0.29) is 17.1 Å². The monoisotopic (exact) mass is 246 g/mol. The fraction of sp³-hybridized carbons (Fsp3) is 0.250. The van der Waals surface area contributed by atoms with E-state index in [1.807, 2.05) is 0 Å². The van der Waals surface area contributed by atoms with Crippen LogP contribution in [0.2, 0.25) is 0 Å². The molecular formula is C8H10N2O5S. The molecule has 1 aromatic carbocycles. The van der Waals surface area contributed by atoms with E-state index in [1.165, 1.54) is 6.92 Å². The lowest BCUT2D eigenvalue weighted by Gasteiger charge is -2.07. The molecule has 0 bridgehead atoms. The van der Waals surface area contributed by atoms with Gasteiger partial charge in [0.2, 0.25) is 10.0 Å². The fourth-order valence-corrected chi connectivity index (χ4v) is 1.61. The van der Waals surface area contributed by atoms with Gasteiger partial charge in [-0.3, -0.25) is 14.8 Å². The molecular weight excluding hydrogens is 236 g/mol. The third kappa shape index (κ3) is 2.83. The van der Waals surface area contributed by atoms with Crippen molar-refractivity contribution in [2.45, 2.75) is 6.92 Å². The standard InChI is InChI=1S/C8H10N2O5S/c1-2-16(14,15)9-7-4-3-6(10(12)13)5-8(7)11/h3-5,9,11H,2H2,1H3. The van der Waals surface area contributed by atoms with Crippen molar-refractivity contribution in [3.8, 4) is 5.75 Å². The summed E-state index contributed by atoms with van der Waals surface area (Å²) in [5.74, 6) is -0.630. The van der Waals surface area contributed by atoms with E-state index in [1.54, 1.807) is 0 Å². The lowest BCUT2D eigenvalue weighted by atomic mass is 10.3. The number of phenolic OH excluding ortho intramolecular Hbond substituents is 1. The van der Waals surface area contributed by atoms with Gasteiger partial charge in [0.25, 0.3) is 5.69 Å². The van der Waals surface area contributed by atoms with Gasteiger partial charge in [-0.05, 0) is 13.0 Å². The third-order valence-corrected chi connectivity index (χ3v) is 3.13. The van der Waals surface area contributed by atoms with Crippen molar-refractivity contribution in [2.75, 3.05) is 10.5 Å². The predicted molar refractivity (Wildman–Crippen MR) is 57.8 cm³/mol. The number of hydrogen-bond acceptors (Lipinski definition) is 5. The van der Waals surface area contributed by atoms with E-state index in [0.717, 1.165) is 18.2 Å². The summed E-state index contributed by atoms with van der Waals surface area (Å²) in [5.41, 5.74) is -0.385. The molecule has 0 aliphatic carbocycles. The second kappa shape index (κ2) is 4.35. The highest BCUT2D eigenvalue weighted by Gasteiger charge is 2.13. The van der Waals surface area contributed by atoms with Gasteiger partial charge in [0.05, 0.1) is 22.4 Å². The van der Waals surface area contributed by atoms with Crippen LogP contribution in [0, 0.1) is 10.1 Å². The zero-order valence-corrected chi connectivity index (χ0v) is 9.19. The normalized spacial score (nSPS) is 11.1. The molecule has 0 amide bonds. The lowest BCUT2D eigenvalue weighted by Crippen LogP contribution is -2.14. The summed E-state index contributed by atoms with van der Waals surface area (Å²) >= 11 is 0. The molecule has 0 atom stereocenters. The van der Waals surface area contributed by atoms with Crippen molar-refractivity contribution >= 4 is 21.4 Å². The molecule has 1 aromatic rings. The van der Waals surface area contributed by atoms with Crippen molar-refractivity contribution in [2.24, 2.45) is 0 Å². The van der Waals surface area contributed by atoms with Crippen molar-refractivity contribution in [3.05, 3.63) is 28.3 Å². The molecule has 0 saturated heterocycles. The highest BCUT2D eigenvalue weighted by atomic mass is 32.2. The minimum atomic E-state index is -3.51. The average molecular weight is 246 g/mol. The third-order valence-electron chi connectivity index (χ3n) is 1.84. The summed E-state index contributed by atoms with van der Waals surface area (Å²) < 4.78 is 24.5. The number of phenols is 1. The minimum Gasteiger partial charge on any atom is -0.505 e. The number of rotatable bonds is 4. The molecule has 1 rings (SSSR count). The van der Waals surface area contributed by atoms with Gasteiger partial charge >= 0.3 is 0 Å². The molecule has 0 spiro atoms. The smallest absolute Gasteiger partial charge is 0.273 e. The molecule has 8 heteroatoms. The van der Waals surface area contributed by atoms with Crippen molar-refractivity contribution in [1.82, 2.24) is 0 Å². The Morgan fingerprint density at radius 2 is 2.12 bits per heavy atom. The quantitative estimate of drug-likeness (QED) is 0.469. The largest absolute Gasteiger partial charge is 0.505 e. The molecule has 0 aromatic heterocycles. The topological polar surface area (TPSA) is 110 Å². The fourth-order valence-electron chi connectivity index (χ4n) is 0.960. The zero-order chi connectivity index (χ0) is 12.3. The Morgan fingerprint density at radius 3 is 2.56 bits per heavy atom. The maximum absolute atomic E-state index is 11.2. The first-order chi connectivity index (χ1) is 7.35.